The van der Waals surface area contributed by atoms with E-state index in [4.69, 9.17) is 4.74 Å². The highest BCUT2D eigenvalue weighted by atomic mass is 19.2. The molecule has 4 fully saturated rings. The highest BCUT2D eigenvalue weighted by molar-refractivity contribution is 5.69. The highest BCUT2D eigenvalue weighted by Gasteiger charge is 2.55. The molecule has 4 aliphatic heterocycles. The molecule has 1 aromatic rings. The van der Waals surface area contributed by atoms with Crippen LogP contribution < -0.4 is 0 Å². The number of halogens is 2. The van der Waals surface area contributed by atoms with Crippen LogP contribution in [-0.2, 0) is 4.74 Å². The summed E-state index contributed by atoms with van der Waals surface area (Å²) < 4.78 is 33.4. The summed E-state index contributed by atoms with van der Waals surface area (Å²) in [5, 5.41) is 0. The van der Waals surface area contributed by atoms with Crippen LogP contribution in [0.3, 0.4) is 0 Å². The maximum Gasteiger partial charge on any atom is 0.410 e. The Labute approximate surface area is 140 Å². The fraction of sp³-hybridized carbons (Fsp3) is 0.611. The van der Waals surface area contributed by atoms with Gasteiger partial charge in [-0.3, -0.25) is 4.90 Å². The third-order valence-corrected chi connectivity index (χ3v) is 5.88. The average molecular weight is 336 g/mol. The number of carbonyl (C=O) groups is 1. The molecule has 0 saturated carbocycles. The minimum Gasteiger partial charge on any atom is -0.450 e. The predicted octanol–water partition coefficient (Wildman–Crippen LogP) is 2.98. The normalized spacial score (nSPS) is 34.3. The molecular weight excluding hydrogens is 314 g/mol. The molecule has 0 aromatic heterocycles. The first-order valence-electron chi connectivity index (χ1n) is 8.73. The minimum atomic E-state index is -0.824. The molecule has 0 radical (unpaired) electrons. The molecule has 1 aromatic carbocycles. The van der Waals surface area contributed by atoms with Gasteiger partial charge in [0, 0.05) is 18.5 Å². The molecule has 4 heterocycles. The minimum absolute atomic E-state index is 0.0409. The number of hydrogen-bond acceptors (Lipinski definition) is 3. The average Bonchev–Trinajstić information content (AvgIpc) is 3.01. The van der Waals surface area contributed by atoms with Gasteiger partial charge in [-0.2, -0.15) is 0 Å². The number of rotatable bonds is 2. The number of ether oxygens (including phenoxy) is 1. The van der Waals surface area contributed by atoms with Crippen molar-refractivity contribution in [2.75, 3.05) is 26.2 Å². The number of likely N-dealkylation sites (tertiary alicyclic amines) is 1. The third kappa shape index (κ3) is 2.31. The monoisotopic (exact) mass is 336 g/mol. The zero-order chi connectivity index (χ0) is 16.8. The van der Waals surface area contributed by atoms with Gasteiger partial charge in [0.05, 0.1) is 12.6 Å². The molecule has 5 rings (SSSR count). The van der Waals surface area contributed by atoms with E-state index in [2.05, 4.69) is 4.90 Å². The molecule has 1 amide bonds. The van der Waals surface area contributed by atoms with Gasteiger partial charge in [-0.15, -0.1) is 0 Å². The summed E-state index contributed by atoms with van der Waals surface area (Å²) in [6.45, 7) is 4.43. The second-order valence-electron chi connectivity index (χ2n) is 6.96. The summed E-state index contributed by atoms with van der Waals surface area (Å²) in [5.41, 5.74) is 0.379. The van der Waals surface area contributed by atoms with Crippen LogP contribution in [0.1, 0.15) is 31.2 Å². The molecule has 0 unspecified atom stereocenters. The van der Waals surface area contributed by atoms with Crippen molar-refractivity contribution in [2.24, 2.45) is 5.92 Å². The van der Waals surface area contributed by atoms with Crippen LogP contribution in [0.25, 0.3) is 0 Å². The Hall–Kier alpha value is -1.69. The molecule has 0 aliphatic carbocycles. The predicted molar refractivity (Wildman–Crippen MR) is 84.7 cm³/mol. The van der Waals surface area contributed by atoms with Gasteiger partial charge in [-0.1, -0.05) is 12.1 Å². The number of nitrogens with zero attached hydrogens (tertiary/aromatic N) is 2. The van der Waals surface area contributed by atoms with E-state index in [0.29, 0.717) is 24.6 Å². The van der Waals surface area contributed by atoms with Crippen molar-refractivity contribution in [1.29, 1.82) is 0 Å². The molecule has 4 aliphatic rings. The Balaban J connectivity index is 1.72. The van der Waals surface area contributed by atoms with E-state index >= 15 is 0 Å². The SMILES string of the molecule is CCOC(=O)N1C[C@H](c2cccc(F)c2F)[C@H]2[C@@H]1C1CCN2CC1. The van der Waals surface area contributed by atoms with Gasteiger partial charge in [-0.25, -0.2) is 13.6 Å². The van der Waals surface area contributed by atoms with Crippen LogP contribution in [0.2, 0.25) is 0 Å². The van der Waals surface area contributed by atoms with Gasteiger partial charge in [0.15, 0.2) is 11.6 Å². The number of piperidine rings is 3. The standard InChI is InChI=1S/C18H22F2N2O2/c1-2-24-18(23)22-10-13(12-4-3-5-14(19)15(12)20)17-16(22)11-6-8-21(17)9-7-11/h3-5,11,13,16-17H,2,6-10H2,1H3/t13-,16+,17+/m1/s1. The molecule has 0 N–H and O–H groups in total. The first-order chi connectivity index (χ1) is 11.6. The summed E-state index contributed by atoms with van der Waals surface area (Å²) in [6, 6.07) is 4.43. The second-order valence-corrected chi connectivity index (χ2v) is 6.96. The van der Waals surface area contributed by atoms with Gasteiger partial charge in [-0.05, 0) is 50.4 Å². The first kappa shape index (κ1) is 15.8. The van der Waals surface area contributed by atoms with Gasteiger partial charge < -0.3 is 9.64 Å². The third-order valence-electron chi connectivity index (χ3n) is 5.88. The summed E-state index contributed by atoms with van der Waals surface area (Å²) in [6.07, 6.45) is 1.77. The maximum absolute atomic E-state index is 14.4. The van der Waals surface area contributed by atoms with Crippen LogP contribution in [-0.4, -0.2) is 54.2 Å². The molecule has 4 nitrogen and oxygen atoms in total. The molecular formula is C18H22F2N2O2. The number of carbonyl (C=O) groups excluding carboxylic acids is 1. The maximum atomic E-state index is 14.4. The molecule has 3 atom stereocenters. The van der Waals surface area contributed by atoms with E-state index in [1.807, 2.05) is 0 Å². The van der Waals surface area contributed by atoms with Crippen molar-refractivity contribution in [3.05, 3.63) is 35.4 Å². The molecule has 130 valence electrons. The van der Waals surface area contributed by atoms with Crippen LogP contribution in [0.15, 0.2) is 18.2 Å². The van der Waals surface area contributed by atoms with E-state index in [0.717, 1.165) is 32.0 Å². The first-order valence-corrected chi connectivity index (χ1v) is 8.73. The van der Waals surface area contributed by atoms with Crippen molar-refractivity contribution >= 4 is 6.09 Å². The molecule has 2 bridgehead atoms. The fourth-order valence-electron chi connectivity index (χ4n) is 4.92. The van der Waals surface area contributed by atoms with E-state index in [1.54, 1.807) is 24.0 Å². The van der Waals surface area contributed by atoms with Crippen molar-refractivity contribution in [2.45, 2.75) is 37.8 Å². The van der Waals surface area contributed by atoms with Crippen molar-refractivity contribution in [3.8, 4) is 0 Å². The number of benzene rings is 1. The lowest BCUT2D eigenvalue weighted by Gasteiger charge is -2.50. The quantitative estimate of drug-likeness (QED) is 0.832. The zero-order valence-electron chi connectivity index (χ0n) is 13.8. The smallest absolute Gasteiger partial charge is 0.410 e. The summed E-state index contributed by atoms with van der Waals surface area (Å²) in [5.74, 6) is -1.39. The lowest BCUT2D eigenvalue weighted by molar-refractivity contribution is -0.00704. The van der Waals surface area contributed by atoms with Crippen molar-refractivity contribution in [3.63, 3.8) is 0 Å². The Morgan fingerprint density at radius 1 is 1.25 bits per heavy atom. The summed E-state index contributed by atoms with van der Waals surface area (Å²) in [4.78, 5) is 16.5. The van der Waals surface area contributed by atoms with Crippen molar-refractivity contribution < 1.29 is 18.3 Å². The Kier molecular flexibility index (Phi) is 3.95. The summed E-state index contributed by atoms with van der Waals surface area (Å²) in [7, 11) is 0. The molecule has 6 heteroatoms. The van der Waals surface area contributed by atoms with E-state index in [-0.39, 0.29) is 24.1 Å². The number of amides is 1. The Morgan fingerprint density at radius 3 is 2.71 bits per heavy atom. The van der Waals surface area contributed by atoms with Crippen molar-refractivity contribution in [1.82, 2.24) is 9.80 Å². The highest BCUT2D eigenvalue weighted by Crippen LogP contribution is 2.47. The summed E-state index contributed by atoms with van der Waals surface area (Å²) >= 11 is 0. The fourth-order valence-corrected chi connectivity index (χ4v) is 4.92. The topological polar surface area (TPSA) is 32.8 Å². The van der Waals surface area contributed by atoms with Crippen LogP contribution in [0.4, 0.5) is 13.6 Å². The van der Waals surface area contributed by atoms with Crippen LogP contribution in [0.5, 0.6) is 0 Å². The van der Waals surface area contributed by atoms with Gasteiger partial charge in [0.1, 0.15) is 0 Å². The second kappa shape index (κ2) is 5.99. The van der Waals surface area contributed by atoms with Crippen LogP contribution >= 0.6 is 0 Å². The molecule has 4 saturated heterocycles. The molecule has 24 heavy (non-hydrogen) atoms. The van der Waals surface area contributed by atoms with E-state index in [1.165, 1.54) is 0 Å². The lowest BCUT2D eigenvalue weighted by atomic mass is 9.75. The Bertz CT molecular complexity index is 646. The Morgan fingerprint density at radius 2 is 2.00 bits per heavy atom. The van der Waals surface area contributed by atoms with E-state index in [9.17, 15) is 13.6 Å². The van der Waals surface area contributed by atoms with E-state index < -0.39 is 11.6 Å². The number of fused-ring (bicyclic) bond motifs is 2. The van der Waals surface area contributed by atoms with Gasteiger partial charge in [0.25, 0.3) is 0 Å². The number of hydrogen-bond donors (Lipinski definition) is 0. The van der Waals surface area contributed by atoms with Gasteiger partial charge >= 0.3 is 6.09 Å². The molecule has 0 spiro atoms. The zero-order valence-corrected chi connectivity index (χ0v) is 13.8. The van der Waals surface area contributed by atoms with Gasteiger partial charge in [0.2, 0.25) is 0 Å². The lowest BCUT2D eigenvalue weighted by Crippen LogP contribution is -2.60. The van der Waals surface area contributed by atoms with Crippen LogP contribution in [0, 0.1) is 17.6 Å². The largest absolute Gasteiger partial charge is 0.450 e.